The number of nitro benzene ring substituents is 1. The van der Waals surface area contributed by atoms with Gasteiger partial charge in [-0.3, -0.25) is 20.1 Å². The summed E-state index contributed by atoms with van der Waals surface area (Å²) < 4.78 is 0.530. The molecule has 1 rings (SSSR count). The second-order valence-electron chi connectivity index (χ2n) is 4.65. The molecular formula is C13H17N5O5S. The summed E-state index contributed by atoms with van der Waals surface area (Å²) in [6.45, 7) is 3.32. The molecular weight excluding hydrogens is 338 g/mol. The second-order valence-corrected chi connectivity index (χ2v) is 5.05. The lowest BCUT2D eigenvalue weighted by Crippen LogP contribution is -2.44. The van der Waals surface area contributed by atoms with Gasteiger partial charge >= 0.3 is 6.03 Å². The van der Waals surface area contributed by atoms with Crippen LogP contribution in [-0.2, 0) is 4.79 Å². The van der Waals surface area contributed by atoms with Crippen LogP contribution in [0.15, 0.2) is 29.4 Å². The SMILES string of the molecule is CCCC(=O)N(O)C(=O)N(S)N/N=C(\C)c1ccc([N+](=O)[O-])cc1. The minimum absolute atomic E-state index is 0.00888. The Bertz CT molecular complexity index is 649. The normalized spacial score (nSPS) is 10.9. The molecule has 0 heterocycles. The molecule has 0 spiro atoms. The average molecular weight is 355 g/mol. The van der Waals surface area contributed by atoms with E-state index in [0.29, 0.717) is 22.1 Å². The zero-order chi connectivity index (χ0) is 18.3. The number of carbonyl (C=O) groups is 2. The Morgan fingerprint density at radius 3 is 2.46 bits per heavy atom. The minimum Gasteiger partial charge on any atom is -0.277 e. The van der Waals surface area contributed by atoms with Crippen LogP contribution >= 0.6 is 12.8 Å². The number of amides is 3. The smallest absolute Gasteiger partial charge is 0.277 e. The van der Waals surface area contributed by atoms with Crippen molar-refractivity contribution in [3.63, 3.8) is 0 Å². The first-order valence-corrected chi connectivity index (χ1v) is 7.27. The molecule has 10 nitrogen and oxygen atoms in total. The van der Waals surface area contributed by atoms with Crippen LogP contribution in [0.1, 0.15) is 32.3 Å². The molecule has 24 heavy (non-hydrogen) atoms. The summed E-state index contributed by atoms with van der Waals surface area (Å²) in [5, 5.41) is 23.8. The van der Waals surface area contributed by atoms with Crippen molar-refractivity contribution in [1.29, 1.82) is 0 Å². The van der Waals surface area contributed by atoms with Gasteiger partial charge in [-0.2, -0.15) is 9.52 Å². The van der Waals surface area contributed by atoms with Gasteiger partial charge in [0.2, 0.25) is 0 Å². The van der Waals surface area contributed by atoms with Crippen molar-refractivity contribution in [3.05, 3.63) is 39.9 Å². The number of thiol groups is 1. The fourth-order valence-electron chi connectivity index (χ4n) is 1.57. The number of nitro groups is 1. The van der Waals surface area contributed by atoms with Crippen LogP contribution in [0.2, 0.25) is 0 Å². The van der Waals surface area contributed by atoms with E-state index in [9.17, 15) is 24.9 Å². The van der Waals surface area contributed by atoms with Crippen molar-refractivity contribution in [3.8, 4) is 0 Å². The van der Waals surface area contributed by atoms with Crippen molar-refractivity contribution in [2.75, 3.05) is 0 Å². The molecule has 0 unspecified atom stereocenters. The lowest BCUT2D eigenvalue weighted by Gasteiger charge is -2.19. The number of hydrazone groups is 1. The number of urea groups is 1. The summed E-state index contributed by atoms with van der Waals surface area (Å²) in [7, 11) is 0. The standard InChI is InChI=1S/C13H17N5O5S/c1-3-4-12(19)16(21)13(20)17(24)15-14-9(2)10-5-7-11(8-6-10)18(22)23/h5-8,15,21,24H,3-4H2,1-2H3/b14-9+. The molecule has 0 aliphatic carbocycles. The molecule has 1 aromatic rings. The molecule has 0 saturated carbocycles. The van der Waals surface area contributed by atoms with E-state index in [2.05, 4.69) is 23.5 Å². The van der Waals surface area contributed by atoms with Crippen LogP contribution in [0, 0.1) is 10.1 Å². The fourth-order valence-corrected chi connectivity index (χ4v) is 1.70. The Morgan fingerprint density at radius 2 is 1.96 bits per heavy atom. The van der Waals surface area contributed by atoms with Crippen LogP contribution in [0.4, 0.5) is 10.5 Å². The molecule has 11 heteroatoms. The number of hydrogen-bond donors (Lipinski definition) is 3. The molecule has 2 N–H and O–H groups in total. The summed E-state index contributed by atoms with van der Waals surface area (Å²) in [5.74, 6) is -0.764. The third-order valence-corrected chi connectivity index (χ3v) is 3.13. The van der Waals surface area contributed by atoms with Crippen molar-refractivity contribution in [2.24, 2.45) is 5.10 Å². The Balaban J connectivity index is 2.71. The van der Waals surface area contributed by atoms with E-state index >= 15 is 0 Å². The minimum atomic E-state index is -1.11. The quantitative estimate of drug-likeness (QED) is 0.236. The lowest BCUT2D eigenvalue weighted by molar-refractivity contribution is -0.384. The number of non-ortho nitro benzene ring substituents is 1. The summed E-state index contributed by atoms with van der Waals surface area (Å²) in [6.07, 6.45) is 0.482. The molecule has 3 amide bonds. The number of hydrogen-bond acceptors (Lipinski definition) is 8. The topological polar surface area (TPSA) is 128 Å². The maximum absolute atomic E-state index is 11.7. The van der Waals surface area contributed by atoms with E-state index in [0.717, 1.165) is 0 Å². The van der Waals surface area contributed by atoms with Gasteiger partial charge in [-0.1, -0.05) is 6.92 Å². The number of nitrogens with zero attached hydrogens (tertiary/aromatic N) is 4. The van der Waals surface area contributed by atoms with Crippen molar-refractivity contribution < 1.29 is 19.7 Å². The zero-order valence-electron chi connectivity index (χ0n) is 13.0. The highest BCUT2D eigenvalue weighted by Crippen LogP contribution is 2.12. The van der Waals surface area contributed by atoms with E-state index in [1.807, 2.05) is 0 Å². The molecule has 0 aliphatic heterocycles. The Kier molecular flexibility index (Phi) is 7.14. The highest BCUT2D eigenvalue weighted by molar-refractivity contribution is 7.78. The first-order chi connectivity index (χ1) is 11.3. The van der Waals surface area contributed by atoms with Gasteiger partial charge in [-0.15, -0.1) is 5.06 Å². The second kappa shape index (κ2) is 8.84. The van der Waals surface area contributed by atoms with Crippen LogP contribution in [0.3, 0.4) is 0 Å². The van der Waals surface area contributed by atoms with Crippen LogP contribution in [0.5, 0.6) is 0 Å². The average Bonchev–Trinajstić information content (AvgIpc) is 2.58. The summed E-state index contributed by atoms with van der Waals surface area (Å²) in [6, 6.07) is 4.50. The van der Waals surface area contributed by atoms with Gasteiger partial charge in [-0.25, -0.2) is 10.3 Å². The van der Waals surface area contributed by atoms with Gasteiger partial charge in [-0.05, 0) is 43.9 Å². The van der Waals surface area contributed by atoms with Gasteiger partial charge < -0.3 is 0 Å². The van der Waals surface area contributed by atoms with Crippen molar-refractivity contribution in [2.45, 2.75) is 26.7 Å². The third kappa shape index (κ3) is 5.21. The first-order valence-electron chi connectivity index (χ1n) is 6.87. The predicted octanol–water partition coefficient (Wildman–Crippen LogP) is 2.11. The molecule has 0 aliphatic rings. The third-order valence-electron chi connectivity index (χ3n) is 2.87. The largest absolute Gasteiger partial charge is 0.381 e. The maximum atomic E-state index is 11.7. The lowest BCUT2D eigenvalue weighted by atomic mass is 10.1. The highest BCUT2D eigenvalue weighted by Gasteiger charge is 2.23. The molecule has 130 valence electrons. The van der Waals surface area contributed by atoms with Gasteiger partial charge in [0.05, 0.1) is 10.6 Å². The predicted molar refractivity (Wildman–Crippen MR) is 88.2 cm³/mol. The molecule has 0 bridgehead atoms. The highest BCUT2D eigenvalue weighted by atomic mass is 32.1. The number of rotatable bonds is 6. The molecule has 0 saturated heterocycles. The molecule has 0 fully saturated rings. The maximum Gasteiger partial charge on any atom is 0.381 e. The van der Waals surface area contributed by atoms with Crippen LogP contribution < -0.4 is 5.53 Å². The molecule has 1 aromatic carbocycles. The Labute approximate surface area is 143 Å². The van der Waals surface area contributed by atoms with Gasteiger partial charge in [0, 0.05) is 18.6 Å². The number of benzene rings is 1. The summed E-state index contributed by atoms with van der Waals surface area (Å²) >= 11 is 3.78. The van der Waals surface area contributed by atoms with E-state index in [4.69, 9.17) is 0 Å². The van der Waals surface area contributed by atoms with Gasteiger partial charge in [0.25, 0.3) is 11.6 Å². The van der Waals surface area contributed by atoms with Gasteiger partial charge in [0.1, 0.15) is 0 Å². The number of hydrazine groups is 1. The van der Waals surface area contributed by atoms with Crippen LogP contribution in [0.25, 0.3) is 0 Å². The summed E-state index contributed by atoms with van der Waals surface area (Å²) in [4.78, 5) is 33.2. The van der Waals surface area contributed by atoms with E-state index in [-0.39, 0.29) is 17.2 Å². The Morgan fingerprint density at radius 1 is 1.38 bits per heavy atom. The Hall–Kier alpha value is -2.66. The first kappa shape index (κ1) is 19.4. The monoisotopic (exact) mass is 355 g/mol. The van der Waals surface area contributed by atoms with Crippen molar-refractivity contribution >= 4 is 36.2 Å². The number of hydroxylamine groups is 2. The van der Waals surface area contributed by atoms with Crippen molar-refractivity contribution in [1.82, 2.24) is 15.0 Å². The fraction of sp³-hybridized carbons (Fsp3) is 0.308. The summed E-state index contributed by atoms with van der Waals surface area (Å²) in [5.41, 5.74) is 3.16. The van der Waals surface area contributed by atoms with E-state index < -0.39 is 16.9 Å². The number of nitrogens with one attached hydrogen (secondary N) is 1. The van der Waals surface area contributed by atoms with E-state index in [1.165, 1.54) is 24.3 Å². The van der Waals surface area contributed by atoms with Gasteiger partial charge in [0.15, 0.2) is 0 Å². The number of carbonyl (C=O) groups excluding carboxylic acids is 2. The molecule has 0 radical (unpaired) electrons. The van der Waals surface area contributed by atoms with E-state index in [1.54, 1.807) is 13.8 Å². The molecule has 0 atom stereocenters. The zero-order valence-corrected chi connectivity index (χ0v) is 13.9. The van der Waals surface area contributed by atoms with Crippen LogP contribution in [-0.4, -0.2) is 37.3 Å². The number of imide groups is 1. The molecule has 0 aromatic heterocycles.